The predicted octanol–water partition coefficient (Wildman–Crippen LogP) is 2.43. The maximum Gasteiger partial charge on any atom is 0.283 e. The summed E-state index contributed by atoms with van der Waals surface area (Å²) in [5.41, 5.74) is 5.21. The first kappa shape index (κ1) is 21.4. The van der Waals surface area contributed by atoms with Gasteiger partial charge >= 0.3 is 0 Å². The molecule has 168 valence electrons. The minimum atomic E-state index is -0.946. The van der Waals surface area contributed by atoms with Gasteiger partial charge in [0.2, 0.25) is 6.10 Å². The van der Waals surface area contributed by atoms with Crippen LogP contribution in [0, 0.1) is 16.0 Å². The normalized spacial score (nSPS) is 18.0. The van der Waals surface area contributed by atoms with Crippen LogP contribution in [0.2, 0.25) is 0 Å². The van der Waals surface area contributed by atoms with Crippen molar-refractivity contribution in [2.24, 2.45) is 5.92 Å². The third-order valence-electron chi connectivity index (χ3n) is 5.66. The van der Waals surface area contributed by atoms with E-state index in [9.17, 15) is 19.7 Å². The summed E-state index contributed by atoms with van der Waals surface area (Å²) in [5, 5.41) is 11.2. The average Bonchev–Trinajstić information content (AvgIpc) is 2.82. The summed E-state index contributed by atoms with van der Waals surface area (Å²) in [6.45, 7) is 3.66. The lowest BCUT2D eigenvalue weighted by Crippen LogP contribution is -2.51. The summed E-state index contributed by atoms with van der Waals surface area (Å²) >= 11 is 0. The number of fused-ring (bicyclic) bond motifs is 1. The summed E-state index contributed by atoms with van der Waals surface area (Å²) in [6.07, 6.45) is 0.989. The molecule has 2 aliphatic heterocycles. The molecular weight excluding hydrogens is 416 g/mol. The van der Waals surface area contributed by atoms with Gasteiger partial charge in [0.15, 0.2) is 11.5 Å². The molecule has 2 aliphatic rings. The fourth-order valence-electron chi connectivity index (χ4n) is 3.76. The molecule has 2 N–H and O–H groups in total. The Morgan fingerprint density at radius 3 is 2.53 bits per heavy atom. The molecule has 32 heavy (non-hydrogen) atoms. The van der Waals surface area contributed by atoms with Gasteiger partial charge < -0.3 is 14.4 Å². The highest BCUT2D eigenvalue weighted by atomic mass is 16.6. The van der Waals surface area contributed by atoms with Crippen molar-refractivity contribution in [1.29, 1.82) is 0 Å². The van der Waals surface area contributed by atoms with Crippen molar-refractivity contribution in [3.8, 4) is 11.5 Å². The summed E-state index contributed by atoms with van der Waals surface area (Å²) in [5.74, 6) is 0.325. The topological polar surface area (TPSA) is 123 Å². The van der Waals surface area contributed by atoms with E-state index in [1.54, 1.807) is 30.3 Å². The van der Waals surface area contributed by atoms with Crippen LogP contribution in [0.3, 0.4) is 0 Å². The first-order valence-corrected chi connectivity index (χ1v) is 10.4. The maximum atomic E-state index is 12.9. The predicted molar refractivity (Wildman–Crippen MR) is 116 cm³/mol. The summed E-state index contributed by atoms with van der Waals surface area (Å²) in [6, 6.07) is 11.2. The van der Waals surface area contributed by atoms with Crippen LogP contribution in [0.4, 0.5) is 11.4 Å². The summed E-state index contributed by atoms with van der Waals surface area (Å²) in [4.78, 5) is 38.1. The van der Waals surface area contributed by atoms with Crippen LogP contribution in [-0.2, 0) is 4.79 Å². The molecule has 0 aliphatic carbocycles. The number of benzene rings is 2. The van der Waals surface area contributed by atoms with Crippen LogP contribution in [0.1, 0.15) is 30.1 Å². The lowest BCUT2D eigenvalue weighted by atomic mass is 9.98. The van der Waals surface area contributed by atoms with Gasteiger partial charge in [-0.1, -0.05) is 19.1 Å². The van der Waals surface area contributed by atoms with Gasteiger partial charge in [-0.25, -0.2) is 0 Å². The van der Waals surface area contributed by atoms with Crippen LogP contribution in [0.5, 0.6) is 11.5 Å². The van der Waals surface area contributed by atoms with Crippen molar-refractivity contribution in [2.45, 2.75) is 25.9 Å². The third-order valence-corrected chi connectivity index (χ3v) is 5.66. The van der Waals surface area contributed by atoms with Crippen molar-refractivity contribution < 1.29 is 24.0 Å². The highest BCUT2D eigenvalue weighted by Crippen LogP contribution is 2.31. The minimum absolute atomic E-state index is 0.00720. The molecular formula is C22H24N4O6. The SMILES string of the molecule is CC1CCN(c2ccc([N+](=O)[O-])cc2C(=O)NNC(=O)C2COc3ccccc3O2)CC1. The van der Waals surface area contributed by atoms with Gasteiger partial charge in [-0.3, -0.25) is 30.6 Å². The zero-order valence-electron chi connectivity index (χ0n) is 17.6. The Balaban J connectivity index is 1.45. The number of hydrogen-bond acceptors (Lipinski definition) is 7. The van der Waals surface area contributed by atoms with Gasteiger partial charge in [0.1, 0.15) is 6.61 Å². The van der Waals surface area contributed by atoms with Crippen LogP contribution in [0.25, 0.3) is 0 Å². The number of hydrogen-bond donors (Lipinski definition) is 2. The zero-order chi connectivity index (χ0) is 22.7. The van der Waals surface area contributed by atoms with Gasteiger partial charge in [0.25, 0.3) is 17.5 Å². The van der Waals surface area contributed by atoms with E-state index < -0.39 is 22.8 Å². The number of hydrazine groups is 1. The number of piperidine rings is 1. The Morgan fingerprint density at radius 1 is 1.09 bits per heavy atom. The van der Waals surface area contributed by atoms with Gasteiger partial charge in [0, 0.05) is 25.2 Å². The van der Waals surface area contributed by atoms with Gasteiger partial charge in [-0.2, -0.15) is 0 Å². The van der Waals surface area contributed by atoms with E-state index in [0.29, 0.717) is 23.1 Å². The summed E-state index contributed by atoms with van der Waals surface area (Å²) < 4.78 is 11.1. The van der Waals surface area contributed by atoms with Gasteiger partial charge in [-0.15, -0.1) is 0 Å². The highest BCUT2D eigenvalue weighted by molar-refractivity contribution is 6.01. The van der Waals surface area contributed by atoms with Crippen molar-refractivity contribution in [3.05, 3.63) is 58.1 Å². The lowest BCUT2D eigenvalue weighted by Gasteiger charge is -2.33. The Morgan fingerprint density at radius 2 is 1.81 bits per heavy atom. The summed E-state index contributed by atoms with van der Waals surface area (Å²) in [7, 11) is 0. The molecule has 1 atom stereocenters. The highest BCUT2D eigenvalue weighted by Gasteiger charge is 2.28. The molecule has 2 heterocycles. The second-order valence-electron chi connectivity index (χ2n) is 7.94. The second-order valence-corrected chi connectivity index (χ2v) is 7.94. The zero-order valence-corrected chi connectivity index (χ0v) is 17.6. The molecule has 1 fully saturated rings. The molecule has 0 aromatic heterocycles. The number of para-hydroxylation sites is 2. The molecule has 2 aromatic carbocycles. The first-order valence-electron chi connectivity index (χ1n) is 10.4. The Labute approximate surface area is 184 Å². The van der Waals surface area contributed by atoms with Crippen LogP contribution in [-0.4, -0.2) is 42.5 Å². The van der Waals surface area contributed by atoms with E-state index in [4.69, 9.17) is 9.47 Å². The number of nitro groups is 1. The molecule has 10 heteroatoms. The molecule has 10 nitrogen and oxygen atoms in total. The van der Waals surface area contributed by atoms with Crippen LogP contribution >= 0.6 is 0 Å². The number of rotatable bonds is 4. The van der Waals surface area contributed by atoms with E-state index in [1.165, 1.54) is 12.1 Å². The quantitative estimate of drug-likeness (QED) is 0.553. The average molecular weight is 440 g/mol. The smallest absolute Gasteiger partial charge is 0.283 e. The van der Waals surface area contributed by atoms with E-state index >= 15 is 0 Å². The molecule has 1 saturated heterocycles. The van der Waals surface area contributed by atoms with Crippen molar-refractivity contribution in [1.82, 2.24) is 10.9 Å². The largest absolute Gasteiger partial charge is 0.485 e. The molecule has 2 amide bonds. The number of nitrogens with zero attached hydrogens (tertiary/aromatic N) is 2. The van der Waals surface area contributed by atoms with E-state index in [2.05, 4.69) is 17.8 Å². The number of ether oxygens (including phenoxy) is 2. The fraction of sp³-hybridized carbons (Fsp3) is 0.364. The monoisotopic (exact) mass is 440 g/mol. The van der Waals surface area contributed by atoms with Crippen LogP contribution in [0.15, 0.2) is 42.5 Å². The Hall–Kier alpha value is -3.82. The maximum absolute atomic E-state index is 12.9. The molecule has 0 saturated carbocycles. The van der Waals surface area contributed by atoms with E-state index in [1.807, 2.05) is 4.90 Å². The molecule has 0 bridgehead atoms. The number of anilines is 1. The fourth-order valence-corrected chi connectivity index (χ4v) is 3.76. The van der Waals surface area contributed by atoms with Crippen LogP contribution < -0.4 is 25.2 Å². The molecule has 2 aromatic rings. The second kappa shape index (κ2) is 9.13. The van der Waals surface area contributed by atoms with Crippen molar-refractivity contribution in [2.75, 3.05) is 24.6 Å². The number of carbonyl (C=O) groups is 2. The number of carbonyl (C=O) groups excluding carboxylic acids is 2. The standard InChI is InChI=1S/C22H24N4O6/c1-14-8-10-25(11-9-14)17-7-6-15(26(29)30)12-16(17)21(27)23-24-22(28)20-13-31-18-4-2-3-5-19(18)32-20/h2-7,12,14,20H,8-11,13H2,1H3,(H,23,27)(H,24,28). The lowest BCUT2D eigenvalue weighted by molar-refractivity contribution is -0.384. The number of nitro benzene ring substituents is 1. The molecule has 0 radical (unpaired) electrons. The van der Waals surface area contributed by atoms with Gasteiger partial charge in [0.05, 0.1) is 16.2 Å². The molecule has 0 spiro atoms. The van der Waals surface area contributed by atoms with Gasteiger partial charge in [-0.05, 0) is 37.0 Å². The Kier molecular flexibility index (Phi) is 6.11. The molecule has 4 rings (SSSR count). The van der Waals surface area contributed by atoms with E-state index in [-0.39, 0.29) is 17.9 Å². The number of non-ortho nitro benzene ring substituents is 1. The number of amides is 2. The van der Waals surface area contributed by atoms with Crippen molar-refractivity contribution in [3.63, 3.8) is 0 Å². The molecule has 1 unspecified atom stereocenters. The minimum Gasteiger partial charge on any atom is -0.485 e. The third kappa shape index (κ3) is 4.58. The number of nitrogens with one attached hydrogen (secondary N) is 2. The Bertz CT molecular complexity index is 1030. The van der Waals surface area contributed by atoms with Crippen molar-refractivity contribution >= 4 is 23.2 Å². The first-order chi connectivity index (χ1) is 15.4. The van der Waals surface area contributed by atoms with E-state index in [0.717, 1.165) is 25.9 Å².